The Kier molecular flexibility index (Phi) is 4.17. The molecule has 19 heavy (non-hydrogen) atoms. The fraction of sp³-hybridized carbons (Fsp3) is 0.467. The van der Waals surface area contributed by atoms with Crippen LogP contribution < -0.4 is 0 Å². The van der Waals surface area contributed by atoms with E-state index in [1.165, 1.54) is 12.5 Å². The smallest absolute Gasteiger partial charge is 0.416 e. The van der Waals surface area contributed by atoms with Crippen molar-refractivity contribution in [1.29, 1.82) is 0 Å². The molecule has 1 aromatic heterocycles. The summed E-state index contributed by atoms with van der Waals surface area (Å²) in [4.78, 5) is 0. The van der Waals surface area contributed by atoms with Gasteiger partial charge in [-0.25, -0.2) is 0 Å². The summed E-state index contributed by atoms with van der Waals surface area (Å²) in [5.41, 5.74) is -0.100. The molecule has 0 N–H and O–H groups in total. The van der Waals surface area contributed by atoms with Gasteiger partial charge in [0.05, 0.1) is 5.56 Å². The van der Waals surface area contributed by atoms with E-state index >= 15 is 0 Å². The molecule has 0 aliphatic carbocycles. The number of benzene rings is 1. The maximum Gasteiger partial charge on any atom is 0.416 e. The van der Waals surface area contributed by atoms with E-state index in [4.69, 9.17) is 4.42 Å². The van der Waals surface area contributed by atoms with E-state index in [0.29, 0.717) is 11.0 Å². The normalized spacial score (nSPS) is 12.2. The maximum absolute atomic E-state index is 12.6. The molecule has 0 amide bonds. The van der Waals surface area contributed by atoms with Gasteiger partial charge in [0.1, 0.15) is 11.3 Å². The van der Waals surface area contributed by atoms with E-state index in [1.54, 1.807) is 6.07 Å². The molecule has 0 aliphatic rings. The lowest BCUT2D eigenvalue weighted by Crippen LogP contribution is -2.03. The van der Waals surface area contributed by atoms with Crippen LogP contribution >= 0.6 is 0 Å². The zero-order valence-electron chi connectivity index (χ0n) is 10.9. The van der Waals surface area contributed by atoms with Gasteiger partial charge in [-0.1, -0.05) is 26.2 Å². The summed E-state index contributed by atoms with van der Waals surface area (Å²) in [7, 11) is 0. The highest BCUT2D eigenvalue weighted by Crippen LogP contribution is 2.32. The Labute approximate surface area is 110 Å². The first-order valence-corrected chi connectivity index (χ1v) is 6.60. The molecule has 0 bridgehead atoms. The molecule has 1 heterocycles. The van der Waals surface area contributed by atoms with Gasteiger partial charge in [-0.3, -0.25) is 0 Å². The van der Waals surface area contributed by atoms with Gasteiger partial charge < -0.3 is 4.42 Å². The second-order valence-corrected chi connectivity index (χ2v) is 4.77. The van der Waals surface area contributed by atoms with Crippen molar-refractivity contribution in [3.05, 3.63) is 35.6 Å². The van der Waals surface area contributed by atoms with Crippen LogP contribution in [0.1, 0.15) is 43.9 Å². The van der Waals surface area contributed by atoms with E-state index in [0.717, 1.165) is 43.6 Å². The average Bonchev–Trinajstić information content (AvgIpc) is 2.75. The minimum atomic E-state index is -4.30. The number of aryl methyl sites for hydroxylation is 1. The third kappa shape index (κ3) is 3.52. The molecule has 0 aliphatic heterocycles. The van der Waals surface area contributed by atoms with Crippen molar-refractivity contribution < 1.29 is 17.6 Å². The summed E-state index contributed by atoms with van der Waals surface area (Å²) < 4.78 is 43.3. The number of hydrogen-bond acceptors (Lipinski definition) is 1. The molecule has 104 valence electrons. The lowest BCUT2D eigenvalue weighted by atomic mass is 10.1. The molecular weight excluding hydrogens is 253 g/mol. The number of unbranched alkanes of at least 4 members (excludes halogenated alkanes) is 3. The van der Waals surface area contributed by atoms with Crippen LogP contribution in [0.4, 0.5) is 13.2 Å². The summed E-state index contributed by atoms with van der Waals surface area (Å²) in [6.07, 6.45) is 0.970. The summed E-state index contributed by atoms with van der Waals surface area (Å²) in [6.45, 7) is 2.14. The Balaban J connectivity index is 2.12. The Bertz CT molecular complexity index is 540. The molecule has 0 spiro atoms. The molecule has 2 rings (SSSR count). The van der Waals surface area contributed by atoms with E-state index in [-0.39, 0.29) is 0 Å². The number of rotatable bonds is 5. The van der Waals surface area contributed by atoms with Gasteiger partial charge in [0.2, 0.25) is 0 Å². The second kappa shape index (κ2) is 5.68. The number of hydrogen-bond donors (Lipinski definition) is 0. The predicted molar refractivity (Wildman–Crippen MR) is 69.1 cm³/mol. The van der Waals surface area contributed by atoms with Crippen molar-refractivity contribution in [1.82, 2.24) is 0 Å². The SMILES string of the molecule is CCCCCCc1cc2cc(C(F)(F)F)ccc2o1. The zero-order valence-corrected chi connectivity index (χ0v) is 10.9. The molecule has 0 saturated carbocycles. The number of furan rings is 1. The van der Waals surface area contributed by atoms with Crippen molar-refractivity contribution in [2.24, 2.45) is 0 Å². The Morgan fingerprint density at radius 1 is 1.05 bits per heavy atom. The maximum atomic E-state index is 12.6. The first-order chi connectivity index (χ1) is 9.00. The minimum Gasteiger partial charge on any atom is -0.461 e. The molecule has 4 heteroatoms. The van der Waals surface area contributed by atoms with E-state index < -0.39 is 11.7 Å². The molecule has 2 aromatic rings. The van der Waals surface area contributed by atoms with Gasteiger partial charge >= 0.3 is 6.18 Å². The van der Waals surface area contributed by atoms with Gasteiger partial charge in [-0.2, -0.15) is 13.2 Å². The summed E-state index contributed by atoms with van der Waals surface area (Å²) >= 11 is 0. The zero-order chi connectivity index (χ0) is 13.9. The summed E-state index contributed by atoms with van der Waals surface area (Å²) in [5.74, 6) is 0.769. The van der Waals surface area contributed by atoms with Gasteiger partial charge in [-0.15, -0.1) is 0 Å². The quantitative estimate of drug-likeness (QED) is 0.647. The largest absolute Gasteiger partial charge is 0.461 e. The first kappa shape index (κ1) is 14.0. The third-order valence-electron chi connectivity index (χ3n) is 3.17. The van der Waals surface area contributed by atoms with Crippen LogP contribution in [-0.2, 0) is 12.6 Å². The van der Waals surface area contributed by atoms with E-state index in [1.807, 2.05) is 0 Å². The molecule has 0 unspecified atom stereocenters. The average molecular weight is 270 g/mol. The standard InChI is InChI=1S/C15H17F3O/c1-2-3-4-5-6-13-10-11-9-12(15(16,17)18)7-8-14(11)19-13/h7-10H,2-6H2,1H3. The van der Waals surface area contributed by atoms with Gasteiger partial charge in [0, 0.05) is 11.8 Å². The minimum absolute atomic E-state index is 0.526. The van der Waals surface area contributed by atoms with E-state index in [2.05, 4.69) is 6.92 Å². The van der Waals surface area contributed by atoms with Crippen LogP contribution in [0.5, 0.6) is 0 Å². The van der Waals surface area contributed by atoms with Crippen LogP contribution in [0.2, 0.25) is 0 Å². The van der Waals surface area contributed by atoms with Crippen molar-refractivity contribution in [2.45, 2.75) is 45.2 Å². The molecule has 0 radical (unpaired) electrons. The predicted octanol–water partition coefficient (Wildman–Crippen LogP) is 5.57. The lowest BCUT2D eigenvalue weighted by molar-refractivity contribution is -0.137. The number of alkyl halides is 3. The van der Waals surface area contributed by atoms with Crippen LogP contribution in [0.3, 0.4) is 0 Å². The fourth-order valence-corrected chi connectivity index (χ4v) is 2.12. The molecule has 0 saturated heterocycles. The van der Waals surface area contributed by atoms with Crippen molar-refractivity contribution >= 4 is 11.0 Å². The Morgan fingerprint density at radius 2 is 1.84 bits per heavy atom. The first-order valence-electron chi connectivity index (χ1n) is 6.60. The van der Waals surface area contributed by atoms with Crippen LogP contribution in [-0.4, -0.2) is 0 Å². The Hall–Kier alpha value is -1.45. The fourth-order valence-electron chi connectivity index (χ4n) is 2.12. The van der Waals surface area contributed by atoms with Gasteiger partial charge in [0.15, 0.2) is 0 Å². The lowest BCUT2D eigenvalue weighted by Gasteiger charge is -2.04. The Morgan fingerprint density at radius 3 is 2.53 bits per heavy atom. The van der Waals surface area contributed by atoms with Crippen molar-refractivity contribution in [3.8, 4) is 0 Å². The van der Waals surface area contributed by atoms with Crippen molar-refractivity contribution in [3.63, 3.8) is 0 Å². The van der Waals surface area contributed by atoms with E-state index in [9.17, 15) is 13.2 Å². The van der Waals surface area contributed by atoms with Crippen molar-refractivity contribution in [2.75, 3.05) is 0 Å². The van der Waals surface area contributed by atoms with Gasteiger partial charge in [-0.05, 0) is 30.7 Å². The highest BCUT2D eigenvalue weighted by Gasteiger charge is 2.30. The highest BCUT2D eigenvalue weighted by atomic mass is 19.4. The van der Waals surface area contributed by atoms with Crippen LogP contribution in [0.15, 0.2) is 28.7 Å². The summed E-state index contributed by atoms with van der Waals surface area (Å²) in [6, 6.07) is 5.32. The van der Waals surface area contributed by atoms with Gasteiger partial charge in [0.25, 0.3) is 0 Å². The topological polar surface area (TPSA) is 13.1 Å². The monoisotopic (exact) mass is 270 g/mol. The highest BCUT2D eigenvalue weighted by molar-refractivity contribution is 5.78. The molecule has 0 fully saturated rings. The third-order valence-corrected chi connectivity index (χ3v) is 3.17. The number of halogens is 3. The molecule has 1 aromatic carbocycles. The molecule has 1 nitrogen and oxygen atoms in total. The second-order valence-electron chi connectivity index (χ2n) is 4.77. The summed E-state index contributed by atoms with van der Waals surface area (Å²) in [5, 5.41) is 0.528. The molecular formula is C15H17F3O. The number of fused-ring (bicyclic) bond motifs is 1. The van der Waals surface area contributed by atoms with Crippen LogP contribution in [0, 0.1) is 0 Å². The van der Waals surface area contributed by atoms with Crippen LogP contribution in [0.25, 0.3) is 11.0 Å². The molecule has 0 atom stereocenters.